The van der Waals surface area contributed by atoms with Crippen LogP contribution in [0.2, 0.25) is 0 Å². The lowest BCUT2D eigenvalue weighted by atomic mass is 12.9. The Balaban J connectivity index is 0. The van der Waals surface area contributed by atoms with E-state index in [4.69, 9.17) is 15.0 Å². The summed E-state index contributed by atoms with van der Waals surface area (Å²) >= 11 is 0. The van der Waals surface area contributed by atoms with Gasteiger partial charge in [-0.1, -0.05) is 0 Å². The zero-order valence-electron chi connectivity index (χ0n) is 2.74. The lowest BCUT2D eigenvalue weighted by Crippen LogP contribution is -1.66. The van der Waals surface area contributed by atoms with Crippen LogP contribution >= 0.6 is 0 Å². The first kappa shape index (κ1) is 8.84. The monoisotopic (exact) mass is 93.0 g/mol. The molecule has 6 heteroatoms. The normalized spacial score (nSPS) is 4.00. The Labute approximate surface area is 32.8 Å². The maximum absolute atomic E-state index is 8.33. The van der Waals surface area contributed by atoms with E-state index in [0.717, 1.165) is 0 Å². The fourth-order valence-corrected chi connectivity index (χ4v) is 0. The zero-order chi connectivity index (χ0) is 5.41. The molecule has 0 saturated carbocycles. The summed E-state index contributed by atoms with van der Waals surface area (Å²) < 4.78 is 0. The van der Waals surface area contributed by atoms with Crippen molar-refractivity contribution in [2.45, 2.75) is 0 Å². The first-order chi connectivity index (χ1) is 2.83. The molecule has 0 aromatic heterocycles. The molecule has 0 aliphatic heterocycles. The molecule has 0 saturated heterocycles. The van der Waals surface area contributed by atoms with Gasteiger partial charge in [0.25, 0.3) is 0 Å². The number of nitrogens with zero attached hydrogens (tertiary/aromatic N) is 2. The molecule has 0 aliphatic rings. The van der Waals surface area contributed by atoms with E-state index in [9.17, 15) is 0 Å². The van der Waals surface area contributed by atoms with Crippen molar-refractivity contribution in [3.63, 3.8) is 0 Å². The molecule has 0 aromatic rings. The van der Waals surface area contributed by atoms with Gasteiger partial charge >= 0.3 is 0 Å². The van der Waals surface area contributed by atoms with Crippen LogP contribution in [0.1, 0.15) is 0 Å². The lowest BCUT2D eigenvalue weighted by molar-refractivity contribution is 0.312. The van der Waals surface area contributed by atoms with E-state index >= 15 is 0 Å². The van der Waals surface area contributed by atoms with Crippen LogP contribution < -0.4 is 5.84 Å². The highest BCUT2D eigenvalue weighted by atomic mass is 16.6. The van der Waals surface area contributed by atoms with E-state index in [1.807, 2.05) is 0 Å². The zero-order valence-corrected chi connectivity index (χ0v) is 2.74. The molecule has 0 atom stereocenters. The van der Waals surface area contributed by atoms with Gasteiger partial charge in [0.1, 0.15) is 0 Å². The minimum Gasteiger partial charge on any atom is -0.379 e. The first-order valence-electron chi connectivity index (χ1n) is 0.823. The topological polar surface area (TPSA) is 105 Å². The minimum atomic E-state index is 1.25. The molecule has 0 radical (unpaired) electrons. The van der Waals surface area contributed by atoms with Crippen LogP contribution in [0.25, 0.3) is 0 Å². The van der Waals surface area contributed by atoms with E-state index in [0.29, 0.717) is 0 Å². The molecular formula is H3N3O3. The third-order valence-electron chi connectivity index (χ3n) is 0. The van der Waals surface area contributed by atoms with Gasteiger partial charge in [-0.3, -0.25) is 5.84 Å². The quantitative estimate of drug-likeness (QED) is 0.245. The van der Waals surface area contributed by atoms with Crippen molar-refractivity contribution >= 4 is 0 Å². The van der Waals surface area contributed by atoms with E-state index in [2.05, 4.69) is 5.84 Å². The van der Waals surface area contributed by atoms with Crippen molar-refractivity contribution in [1.82, 2.24) is 0 Å². The second-order valence-corrected chi connectivity index (χ2v) is 0.187. The fourth-order valence-electron chi connectivity index (χ4n) is 0. The Kier molecular flexibility index (Phi) is 68.6. The molecule has 0 spiro atoms. The van der Waals surface area contributed by atoms with Crippen LogP contribution in [0.15, 0.2) is 10.6 Å². The van der Waals surface area contributed by atoms with Crippen LogP contribution in [0.4, 0.5) is 0 Å². The summed E-state index contributed by atoms with van der Waals surface area (Å²) in [5.74, 6) is 3.92. The van der Waals surface area contributed by atoms with Crippen LogP contribution in [-0.4, -0.2) is 5.21 Å². The average molecular weight is 93.0 g/mol. The largest absolute Gasteiger partial charge is 0.379 e. The molecule has 3 N–H and O–H groups in total. The van der Waals surface area contributed by atoms with Gasteiger partial charge in [0.15, 0.2) is 5.34 Å². The molecule has 0 rings (SSSR count). The number of hydrogen-bond donors (Lipinski definition) is 2. The second kappa shape index (κ2) is 46.5. The summed E-state index contributed by atoms with van der Waals surface area (Å²) in [6, 6.07) is 0. The second-order valence-electron chi connectivity index (χ2n) is 0.187. The maximum atomic E-state index is 8.33. The van der Waals surface area contributed by atoms with Crippen molar-refractivity contribution in [2.24, 2.45) is 16.5 Å². The molecule has 6 heavy (non-hydrogen) atoms. The summed E-state index contributed by atoms with van der Waals surface area (Å²) in [6.07, 6.45) is 0. The van der Waals surface area contributed by atoms with Crippen molar-refractivity contribution in [3.05, 3.63) is 9.81 Å². The van der Waals surface area contributed by atoms with Crippen molar-refractivity contribution in [2.75, 3.05) is 0 Å². The van der Waals surface area contributed by atoms with Crippen LogP contribution in [-0.2, 0) is 0 Å². The number of nitroso groups, excluding NO2 is 1. The molecule has 0 aliphatic carbocycles. The average Bonchev–Trinajstić information content (AvgIpc) is 1.39. The Morgan fingerprint density at radius 1 is 1.50 bits per heavy atom. The maximum Gasteiger partial charge on any atom is 0.152 e. The standard InChI is InChI=1S/H2N2O.HNO2/c1-2-3;2-1-3/h(H2,1,3);(H,2,3). The summed E-state index contributed by atoms with van der Waals surface area (Å²) in [6.45, 7) is 0. The van der Waals surface area contributed by atoms with Gasteiger partial charge < -0.3 is 5.21 Å². The van der Waals surface area contributed by atoms with E-state index in [1.54, 1.807) is 5.29 Å². The highest BCUT2D eigenvalue weighted by Gasteiger charge is 1.18. The minimum absolute atomic E-state index is 1.25. The van der Waals surface area contributed by atoms with Crippen molar-refractivity contribution in [3.8, 4) is 0 Å². The Morgan fingerprint density at radius 2 is 1.50 bits per heavy atom. The van der Waals surface area contributed by atoms with Crippen LogP contribution in [0.3, 0.4) is 0 Å². The summed E-state index contributed by atoms with van der Waals surface area (Å²) in [7, 11) is 0. The predicted octanol–water partition coefficient (Wildman–Crippen LogP) is -0.231. The summed E-state index contributed by atoms with van der Waals surface area (Å²) in [4.78, 5) is 16.4. The lowest BCUT2D eigenvalue weighted by Gasteiger charge is -1.33. The molecule has 0 amide bonds. The van der Waals surface area contributed by atoms with Gasteiger partial charge in [-0.25, -0.2) is 0 Å². The smallest absolute Gasteiger partial charge is 0.152 e. The number of rotatable bonds is 0. The highest BCUT2D eigenvalue weighted by Crippen LogP contribution is 1.25. The van der Waals surface area contributed by atoms with Gasteiger partial charge in [0.2, 0.25) is 0 Å². The summed E-state index contributed by atoms with van der Waals surface area (Å²) in [5.41, 5.74) is 0. The van der Waals surface area contributed by atoms with Gasteiger partial charge in [0.05, 0.1) is 0 Å². The molecule has 0 heterocycles. The van der Waals surface area contributed by atoms with Gasteiger partial charge in [0, 0.05) is 5.29 Å². The van der Waals surface area contributed by atoms with E-state index < -0.39 is 0 Å². The third-order valence-corrected chi connectivity index (χ3v) is 0. The van der Waals surface area contributed by atoms with Crippen molar-refractivity contribution in [1.29, 1.82) is 0 Å². The molecule has 0 fully saturated rings. The molecule has 6 nitrogen and oxygen atoms in total. The Morgan fingerprint density at radius 3 is 1.50 bits per heavy atom. The highest BCUT2D eigenvalue weighted by molar-refractivity contribution is 3.93. The van der Waals surface area contributed by atoms with Gasteiger partial charge in [-0.05, 0) is 0 Å². The summed E-state index contributed by atoms with van der Waals surface area (Å²) in [5, 5.41) is 9.64. The Bertz CT molecular complexity index is 27.0. The van der Waals surface area contributed by atoms with Crippen molar-refractivity contribution < 1.29 is 5.21 Å². The number of hydrogen-bond acceptors (Lipinski definition) is 4. The van der Waals surface area contributed by atoms with Gasteiger partial charge in [-0.15, -0.1) is 9.81 Å². The molecular weight excluding hydrogens is 90.0 g/mol. The van der Waals surface area contributed by atoms with Crippen LogP contribution in [0.5, 0.6) is 0 Å². The molecule has 36 valence electrons. The van der Waals surface area contributed by atoms with Crippen LogP contribution in [0, 0.1) is 9.81 Å². The van der Waals surface area contributed by atoms with E-state index in [1.165, 1.54) is 5.34 Å². The van der Waals surface area contributed by atoms with Gasteiger partial charge in [-0.2, -0.15) is 0 Å². The third kappa shape index (κ3) is 6.30. The Hall–Kier alpha value is -1.20. The fraction of sp³-hybridized carbons (Fsp3) is 0. The number of nitrogens with two attached hydrogens (primary N) is 1. The predicted molar refractivity (Wildman–Crippen MR) is 17.6 cm³/mol. The molecule has 0 unspecified atom stereocenters. The van der Waals surface area contributed by atoms with E-state index in [-0.39, 0.29) is 0 Å². The first-order valence-corrected chi connectivity index (χ1v) is 0.823. The SMILES string of the molecule is NN=O.O=NO. The molecule has 0 bridgehead atoms. The molecule has 0 aromatic carbocycles.